The minimum absolute atomic E-state index is 0.178. The summed E-state index contributed by atoms with van der Waals surface area (Å²) in [7, 11) is 1.45. The fraction of sp³-hybridized carbons (Fsp3) is 0.429. The van der Waals surface area contributed by atoms with E-state index >= 15 is 0 Å². The predicted molar refractivity (Wildman–Crippen MR) is 96.8 cm³/mol. The smallest absolute Gasteiger partial charge is 0.189 e. The Morgan fingerprint density at radius 1 is 1.04 bits per heavy atom. The van der Waals surface area contributed by atoms with E-state index in [9.17, 15) is 10.2 Å². The highest BCUT2D eigenvalue weighted by Crippen LogP contribution is 2.39. The van der Waals surface area contributed by atoms with Crippen LogP contribution in [-0.2, 0) is 25.4 Å². The number of rotatable bonds is 4. The van der Waals surface area contributed by atoms with Crippen molar-refractivity contribution in [3.8, 4) is 0 Å². The van der Waals surface area contributed by atoms with E-state index in [0.717, 1.165) is 11.1 Å². The number of benzene rings is 2. The average molecular weight is 372 g/mol. The number of ether oxygens (including phenoxy) is 4. The van der Waals surface area contributed by atoms with Gasteiger partial charge in [-0.15, -0.1) is 0 Å². The molecule has 4 rings (SSSR count). The average Bonchev–Trinajstić information content (AvgIpc) is 2.72. The molecular formula is C21H24O6. The van der Waals surface area contributed by atoms with Gasteiger partial charge < -0.3 is 29.2 Å². The Bertz CT molecular complexity index is 739. The van der Waals surface area contributed by atoms with Crippen LogP contribution in [0.4, 0.5) is 0 Å². The van der Waals surface area contributed by atoms with E-state index in [1.165, 1.54) is 7.11 Å². The molecule has 6 heteroatoms. The number of hydrogen-bond acceptors (Lipinski definition) is 6. The van der Waals surface area contributed by atoms with Crippen LogP contribution in [0, 0.1) is 0 Å². The topological polar surface area (TPSA) is 77.4 Å². The van der Waals surface area contributed by atoms with Gasteiger partial charge in [0, 0.05) is 19.1 Å². The van der Waals surface area contributed by atoms with Gasteiger partial charge in [0.25, 0.3) is 0 Å². The van der Waals surface area contributed by atoms with E-state index in [4.69, 9.17) is 18.9 Å². The van der Waals surface area contributed by atoms with Gasteiger partial charge in [0.05, 0.1) is 6.61 Å². The lowest BCUT2D eigenvalue weighted by Gasteiger charge is -2.51. The Kier molecular flexibility index (Phi) is 5.27. The fourth-order valence-electron chi connectivity index (χ4n) is 3.80. The first-order valence-corrected chi connectivity index (χ1v) is 9.06. The molecular weight excluding hydrogens is 348 g/mol. The summed E-state index contributed by atoms with van der Waals surface area (Å²) in [6, 6.07) is 19.0. The third-order valence-electron chi connectivity index (χ3n) is 5.20. The summed E-state index contributed by atoms with van der Waals surface area (Å²) in [4.78, 5) is 0. The van der Waals surface area contributed by atoms with Crippen LogP contribution < -0.4 is 0 Å². The van der Waals surface area contributed by atoms with E-state index in [1.54, 1.807) is 0 Å². The number of methoxy groups -OCH3 is 1. The maximum atomic E-state index is 11.3. The van der Waals surface area contributed by atoms with Crippen molar-refractivity contribution in [2.24, 2.45) is 0 Å². The Labute approximate surface area is 158 Å². The number of aliphatic hydroxyl groups excluding tert-OH is 1. The van der Waals surface area contributed by atoms with E-state index in [2.05, 4.69) is 0 Å². The lowest BCUT2D eigenvalue weighted by atomic mass is 9.81. The highest BCUT2D eigenvalue weighted by atomic mass is 16.8. The largest absolute Gasteiger partial charge is 0.387 e. The van der Waals surface area contributed by atoms with E-state index < -0.39 is 36.5 Å². The zero-order valence-electron chi connectivity index (χ0n) is 15.1. The Balaban J connectivity index is 1.58. The third-order valence-corrected chi connectivity index (χ3v) is 5.20. The van der Waals surface area contributed by atoms with Crippen LogP contribution in [0.25, 0.3) is 0 Å². The minimum Gasteiger partial charge on any atom is -0.387 e. The molecule has 2 aromatic carbocycles. The summed E-state index contributed by atoms with van der Waals surface area (Å²) in [6.45, 7) is 0.239. The summed E-state index contributed by atoms with van der Waals surface area (Å²) in [5, 5.41) is 22.4. The number of fused-ring (bicyclic) bond motifs is 1. The minimum atomic E-state index is -1.64. The molecule has 27 heavy (non-hydrogen) atoms. The zero-order valence-corrected chi connectivity index (χ0v) is 15.1. The SMILES string of the molecule is CO[C@H]1O[C@@H]2COC(c3ccccc3)O[C@H]2[C@H](O)[C@]1(O)Cc1ccccc1. The predicted octanol–water partition coefficient (Wildman–Crippen LogP) is 1.81. The maximum Gasteiger partial charge on any atom is 0.189 e. The molecule has 0 amide bonds. The normalized spacial score (nSPS) is 36.2. The lowest BCUT2D eigenvalue weighted by molar-refractivity contribution is -0.383. The van der Waals surface area contributed by atoms with Crippen molar-refractivity contribution in [2.75, 3.05) is 13.7 Å². The quantitative estimate of drug-likeness (QED) is 0.852. The van der Waals surface area contributed by atoms with Gasteiger partial charge in [-0.3, -0.25) is 0 Å². The van der Waals surface area contributed by atoms with Crippen molar-refractivity contribution >= 4 is 0 Å². The Hall–Kier alpha value is -1.80. The van der Waals surface area contributed by atoms with Gasteiger partial charge in [0.2, 0.25) is 0 Å². The van der Waals surface area contributed by atoms with Gasteiger partial charge in [-0.25, -0.2) is 0 Å². The number of aliphatic hydroxyl groups is 2. The molecule has 6 atom stereocenters. The van der Waals surface area contributed by atoms with Crippen LogP contribution >= 0.6 is 0 Å². The summed E-state index contributed by atoms with van der Waals surface area (Å²) < 4.78 is 23.0. The molecule has 6 nitrogen and oxygen atoms in total. The summed E-state index contributed by atoms with van der Waals surface area (Å²) in [5.74, 6) is 0. The molecule has 0 aromatic heterocycles. The Morgan fingerprint density at radius 2 is 1.70 bits per heavy atom. The van der Waals surface area contributed by atoms with Crippen molar-refractivity contribution in [3.63, 3.8) is 0 Å². The monoisotopic (exact) mass is 372 g/mol. The van der Waals surface area contributed by atoms with Gasteiger partial charge in [-0.05, 0) is 5.56 Å². The van der Waals surface area contributed by atoms with Crippen molar-refractivity contribution in [2.45, 2.75) is 42.9 Å². The molecule has 0 aliphatic carbocycles. The van der Waals surface area contributed by atoms with Crippen LogP contribution in [0.15, 0.2) is 60.7 Å². The standard InChI is InChI=1S/C21H24O6/c1-24-20-21(23,12-14-8-4-2-5-9-14)18(22)17-16(26-20)13-25-19(27-17)15-10-6-3-7-11-15/h2-11,16-20,22-23H,12-13H2,1H3/t16-,17-,18+,19?,20+,21-/m1/s1. The summed E-state index contributed by atoms with van der Waals surface area (Å²) >= 11 is 0. The first kappa shape index (κ1) is 18.6. The molecule has 2 aliphatic heterocycles. The second-order valence-electron chi connectivity index (χ2n) is 7.02. The van der Waals surface area contributed by atoms with Crippen molar-refractivity contribution in [1.29, 1.82) is 0 Å². The highest BCUT2D eigenvalue weighted by Gasteiger charge is 2.57. The molecule has 144 valence electrons. The van der Waals surface area contributed by atoms with Gasteiger partial charge in [-0.2, -0.15) is 0 Å². The molecule has 2 heterocycles. The molecule has 2 N–H and O–H groups in total. The molecule has 0 radical (unpaired) electrons. The first-order valence-electron chi connectivity index (χ1n) is 9.06. The molecule has 1 unspecified atom stereocenters. The van der Waals surface area contributed by atoms with E-state index in [0.29, 0.717) is 0 Å². The second kappa shape index (κ2) is 7.67. The van der Waals surface area contributed by atoms with Gasteiger partial charge in [0.1, 0.15) is 23.9 Å². The summed E-state index contributed by atoms with van der Waals surface area (Å²) in [6.07, 6.45) is -3.89. The molecule has 0 spiro atoms. The molecule has 2 saturated heterocycles. The Morgan fingerprint density at radius 3 is 2.37 bits per heavy atom. The maximum absolute atomic E-state index is 11.3. The molecule has 0 saturated carbocycles. The lowest BCUT2D eigenvalue weighted by Crippen LogP contribution is -2.69. The summed E-state index contributed by atoms with van der Waals surface area (Å²) in [5.41, 5.74) is 0.0778. The van der Waals surface area contributed by atoms with Crippen LogP contribution in [0.3, 0.4) is 0 Å². The highest BCUT2D eigenvalue weighted by molar-refractivity contribution is 5.20. The van der Waals surface area contributed by atoms with Crippen molar-refractivity contribution in [1.82, 2.24) is 0 Å². The van der Waals surface area contributed by atoms with Crippen LogP contribution in [0.1, 0.15) is 17.4 Å². The van der Waals surface area contributed by atoms with E-state index in [-0.39, 0.29) is 13.0 Å². The van der Waals surface area contributed by atoms with Gasteiger partial charge >= 0.3 is 0 Å². The fourth-order valence-corrected chi connectivity index (χ4v) is 3.80. The first-order chi connectivity index (χ1) is 13.1. The molecule has 2 aliphatic rings. The van der Waals surface area contributed by atoms with Crippen molar-refractivity contribution in [3.05, 3.63) is 71.8 Å². The third kappa shape index (κ3) is 3.52. The molecule has 2 aromatic rings. The van der Waals surface area contributed by atoms with Gasteiger partial charge in [-0.1, -0.05) is 60.7 Å². The van der Waals surface area contributed by atoms with Crippen LogP contribution in [-0.4, -0.2) is 54.1 Å². The zero-order chi connectivity index (χ0) is 18.9. The van der Waals surface area contributed by atoms with E-state index in [1.807, 2.05) is 60.7 Å². The van der Waals surface area contributed by atoms with Crippen molar-refractivity contribution < 1.29 is 29.2 Å². The second-order valence-corrected chi connectivity index (χ2v) is 7.02. The molecule has 2 fully saturated rings. The molecule has 0 bridgehead atoms. The van der Waals surface area contributed by atoms with Crippen LogP contribution in [0.2, 0.25) is 0 Å². The van der Waals surface area contributed by atoms with Gasteiger partial charge in [0.15, 0.2) is 12.6 Å². The van der Waals surface area contributed by atoms with Crippen LogP contribution in [0.5, 0.6) is 0 Å². The number of hydrogen-bond donors (Lipinski definition) is 2.